The number of hydrogen-bond donors (Lipinski definition) is 1. The smallest absolute Gasteiger partial charge is 0.306 e. The summed E-state index contributed by atoms with van der Waals surface area (Å²) in [6.07, 6.45) is -3.87. The molecule has 0 bridgehead atoms. The monoisotopic (exact) mass is 416 g/mol. The third kappa shape index (κ3) is 3.79. The number of anilines is 1. The normalized spacial score (nSPS) is 11.6. The van der Waals surface area contributed by atoms with Crippen LogP contribution in [0, 0.1) is 0 Å². The Hall–Kier alpha value is -3.39. The fourth-order valence-corrected chi connectivity index (χ4v) is 2.93. The van der Waals surface area contributed by atoms with Gasteiger partial charge in [-0.05, 0) is 30.3 Å². The summed E-state index contributed by atoms with van der Waals surface area (Å²) in [7, 11) is 0. The van der Waals surface area contributed by atoms with E-state index in [1.807, 2.05) is 0 Å². The van der Waals surface area contributed by atoms with E-state index >= 15 is 0 Å². The summed E-state index contributed by atoms with van der Waals surface area (Å²) in [4.78, 5) is 16.7. The minimum Gasteiger partial charge on any atom is -0.306 e. The average Bonchev–Trinajstić information content (AvgIpc) is 3.09. The average molecular weight is 417 g/mol. The van der Waals surface area contributed by atoms with Crippen molar-refractivity contribution in [2.45, 2.75) is 6.18 Å². The predicted molar refractivity (Wildman–Crippen MR) is 104 cm³/mol. The highest BCUT2D eigenvalue weighted by molar-refractivity contribution is 6.30. The number of hydrogen-bond acceptors (Lipinski definition) is 3. The molecule has 1 N–H and O–H groups in total. The van der Waals surface area contributed by atoms with Crippen LogP contribution in [0.5, 0.6) is 0 Å². The van der Waals surface area contributed by atoms with Crippen molar-refractivity contribution in [2.24, 2.45) is 0 Å². The van der Waals surface area contributed by atoms with Crippen molar-refractivity contribution >= 4 is 34.4 Å². The molecule has 0 atom stereocenters. The number of halogens is 4. The molecular weight excluding hydrogens is 405 g/mol. The van der Waals surface area contributed by atoms with Gasteiger partial charge < -0.3 is 5.32 Å². The maximum atomic E-state index is 13.2. The summed E-state index contributed by atoms with van der Waals surface area (Å²) >= 11 is 5.83. The van der Waals surface area contributed by atoms with E-state index in [-0.39, 0.29) is 11.0 Å². The van der Waals surface area contributed by atoms with Gasteiger partial charge in [0.1, 0.15) is 11.2 Å². The van der Waals surface area contributed by atoms with Crippen molar-refractivity contribution in [1.82, 2.24) is 14.8 Å². The maximum absolute atomic E-state index is 13.2. The molecule has 0 spiro atoms. The molecule has 2 aromatic carbocycles. The number of nitrogens with one attached hydrogen (secondary N) is 1. The summed E-state index contributed by atoms with van der Waals surface area (Å²) in [5, 5.41) is 7.32. The Morgan fingerprint density at radius 1 is 1.03 bits per heavy atom. The van der Waals surface area contributed by atoms with E-state index in [0.29, 0.717) is 22.0 Å². The van der Waals surface area contributed by atoms with Gasteiger partial charge >= 0.3 is 12.2 Å². The second-order valence-electron chi connectivity index (χ2n) is 6.15. The minimum atomic E-state index is -4.60. The predicted octanol–water partition coefficient (Wildman–Crippen LogP) is 5.85. The highest BCUT2D eigenvalue weighted by Gasteiger charge is 2.32. The van der Waals surface area contributed by atoms with Crippen LogP contribution in [-0.2, 0) is 6.18 Å². The number of fused-ring (bicyclic) bond motifs is 1. The molecule has 0 aliphatic rings. The number of aromatic nitrogens is 3. The van der Waals surface area contributed by atoms with Gasteiger partial charge in [0.2, 0.25) is 0 Å². The maximum Gasteiger partial charge on any atom is 0.417 e. The summed E-state index contributed by atoms with van der Waals surface area (Å²) in [5.41, 5.74) is 0.526. The first-order chi connectivity index (χ1) is 13.8. The lowest BCUT2D eigenvalue weighted by Crippen LogP contribution is -2.21. The Morgan fingerprint density at radius 3 is 2.38 bits per heavy atom. The quantitative estimate of drug-likeness (QED) is 0.446. The SMILES string of the molecule is O=C(Nc1ccc(Cl)cc1)n1nc(-c2ccccc2)c2ncc(C(F)(F)F)cc21. The largest absolute Gasteiger partial charge is 0.417 e. The van der Waals surface area contributed by atoms with Gasteiger partial charge in [0.05, 0.1) is 11.1 Å². The van der Waals surface area contributed by atoms with Crippen molar-refractivity contribution in [2.75, 3.05) is 5.32 Å². The Morgan fingerprint density at radius 2 is 1.72 bits per heavy atom. The lowest BCUT2D eigenvalue weighted by atomic mass is 10.1. The molecule has 29 heavy (non-hydrogen) atoms. The van der Waals surface area contributed by atoms with Crippen LogP contribution in [0.15, 0.2) is 66.9 Å². The van der Waals surface area contributed by atoms with Gasteiger partial charge in [-0.25, -0.2) is 4.79 Å². The number of pyridine rings is 1. The van der Waals surface area contributed by atoms with Crippen LogP contribution < -0.4 is 5.32 Å². The zero-order valence-electron chi connectivity index (χ0n) is 14.6. The van der Waals surface area contributed by atoms with Crippen molar-refractivity contribution in [3.63, 3.8) is 0 Å². The van der Waals surface area contributed by atoms with Gasteiger partial charge in [0.25, 0.3) is 0 Å². The van der Waals surface area contributed by atoms with E-state index in [9.17, 15) is 18.0 Å². The van der Waals surface area contributed by atoms with Gasteiger partial charge in [0, 0.05) is 22.5 Å². The van der Waals surface area contributed by atoms with E-state index in [1.165, 1.54) is 0 Å². The van der Waals surface area contributed by atoms with Crippen molar-refractivity contribution in [3.05, 3.63) is 77.4 Å². The molecule has 2 heterocycles. The molecule has 4 rings (SSSR count). The third-order valence-corrected chi connectivity index (χ3v) is 4.43. The number of alkyl halides is 3. The fraction of sp³-hybridized carbons (Fsp3) is 0.0500. The van der Waals surface area contributed by atoms with Gasteiger partial charge in [-0.1, -0.05) is 41.9 Å². The van der Waals surface area contributed by atoms with Crippen LogP contribution in [0.1, 0.15) is 5.56 Å². The first-order valence-corrected chi connectivity index (χ1v) is 8.79. The molecule has 0 aliphatic carbocycles. The number of carbonyl (C=O) groups excluding carboxylic acids is 1. The van der Waals surface area contributed by atoms with Gasteiger partial charge in [-0.3, -0.25) is 4.98 Å². The minimum absolute atomic E-state index is 0.0508. The molecular formula is C20H12ClF3N4O. The van der Waals surface area contributed by atoms with Crippen LogP contribution in [0.3, 0.4) is 0 Å². The Kier molecular flexibility index (Phi) is 4.71. The van der Waals surface area contributed by atoms with Crippen LogP contribution in [-0.4, -0.2) is 20.8 Å². The topological polar surface area (TPSA) is 59.8 Å². The highest BCUT2D eigenvalue weighted by Crippen LogP contribution is 2.33. The summed E-state index contributed by atoms with van der Waals surface area (Å²) in [6.45, 7) is 0. The number of rotatable bonds is 2. The fourth-order valence-electron chi connectivity index (χ4n) is 2.81. The van der Waals surface area contributed by atoms with E-state index < -0.39 is 17.8 Å². The summed E-state index contributed by atoms with van der Waals surface area (Å²) in [6, 6.07) is 15.2. The van der Waals surface area contributed by atoms with Crippen LogP contribution in [0.25, 0.3) is 22.3 Å². The van der Waals surface area contributed by atoms with Gasteiger partial charge in [0.15, 0.2) is 0 Å². The first kappa shape index (κ1) is 18.9. The standard InChI is InChI=1S/C20H12ClF3N4O/c21-14-6-8-15(9-7-14)26-19(29)28-16-10-13(20(22,23)24)11-25-18(16)17(27-28)12-4-2-1-3-5-12/h1-11H,(H,26,29). The second-order valence-corrected chi connectivity index (χ2v) is 6.59. The van der Waals surface area contributed by atoms with E-state index in [0.717, 1.165) is 16.9 Å². The molecule has 0 saturated carbocycles. The zero-order valence-corrected chi connectivity index (χ0v) is 15.4. The lowest BCUT2D eigenvalue weighted by molar-refractivity contribution is -0.137. The van der Waals surface area contributed by atoms with Crippen LogP contribution in [0.4, 0.5) is 23.7 Å². The molecule has 0 aliphatic heterocycles. The van der Waals surface area contributed by atoms with Crippen LogP contribution in [0.2, 0.25) is 5.02 Å². The van der Waals surface area contributed by atoms with Crippen LogP contribution >= 0.6 is 11.6 Å². The Labute approximate surface area is 167 Å². The Bertz CT molecular complexity index is 1190. The molecule has 9 heteroatoms. The summed E-state index contributed by atoms with van der Waals surface area (Å²) in [5.74, 6) is 0. The molecule has 0 radical (unpaired) electrons. The van der Waals surface area contributed by atoms with E-state index in [4.69, 9.17) is 11.6 Å². The molecule has 1 amide bonds. The zero-order chi connectivity index (χ0) is 20.6. The molecule has 5 nitrogen and oxygen atoms in total. The summed E-state index contributed by atoms with van der Waals surface area (Å²) < 4.78 is 40.4. The molecule has 4 aromatic rings. The molecule has 0 unspecified atom stereocenters. The molecule has 2 aromatic heterocycles. The number of amides is 1. The molecule has 0 saturated heterocycles. The lowest BCUT2D eigenvalue weighted by Gasteiger charge is -2.08. The third-order valence-electron chi connectivity index (χ3n) is 4.18. The molecule has 0 fully saturated rings. The van der Waals surface area contributed by atoms with E-state index in [1.54, 1.807) is 54.6 Å². The number of benzene rings is 2. The highest BCUT2D eigenvalue weighted by atomic mass is 35.5. The van der Waals surface area contributed by atoms with Crippen molar-refractivity contribution < 1.29 is 18.0 Å². The number of nitrogens with zero attached hydrogens (tertiary/aromatic N) is 3. The number of carbonyl (C=O) groups is 1. The van der Waals surface area contributed by atoms with Gasteiger partial charge in [-0.2, -0.15) is 23.0 Å². The second kappa shape index (κ2) is 7.21. The van der Waals surface area contributed by atoms with E-state index in [2.05, 4.69) is 15.4 Å². The Balaban J connectivity index is 1.84. The van der Waals surface area contributed by atoms with Crippen molar-refractivity contribution in [1.29, 1.82) is 0 Å². The molecule has 146 valence electrons. The van der Waals surface area contributed by atoms with Crippen molar-refractivity contribution in [3.8, 4) is 11.3 Å². The van der Waals surface area contributed by atoms with Gasteiger partial charge in [-0.15, -0.1) is 0 Å². The first-order valence-electron chi connectivity index (χ1n) is 8.41.